The molecule has 2 rings (SSSR count). The zero-order chi connectivity index (χ0) is 11.7. The van der Waals surface area contributed by atoms with E-state index in [1.54, 1.807) is 0 Å². The van der Waals surface area contributed by atoms with Crippen molar-refractivity contribution < 1.29 is 9.90 Å². The molecule has 1 aliphatic carbocycles. The number of amides is 1. The Morgan fingerprint density at radius 2 is 2.06 bits per heavy atom. The first-order valence-electron chi connectivity index (χ1n) is 6.32. The number of nitrogens with two attached hydrogens (primary N) is 1. The van der Waals surface area contributed by atoms with Crippen LogP contribution in [0.2, 0.25) is 0 Å². The Hall–Kier alpha value is -0.610. The molecule has 0 spiro atoms. The lowest BCUT2D eigenvalue weighted by Crippen LogP contribution is -2.52. The fraction of sp³-hybridized carbons (Fsp3) is 0.917. The molecule has 4 atom stereocenters. The van der Waals surface area contributed by atoms with E-state index in [4.69, 9.17) is 5.73 Å². The summed E-state index contributed by atoms with van der Waals surface area (Å²) in [5.74, 6) is -0.214. The second-order valence-corrected chi connectivity index (χ2v) is 5.29. The fourth-order valence-corrected chi connectivity index (χ4v) is 3.14. The van der Waals surface area contributed by atoms with E-state index < -0.39 is 0 Å². The molecular weight excluding hydrogens is 204 g/mol. The highest BCUT2D eigenvalue weighted by Gasteiger charge is 2.37. The van der Waals surface area contributed by atoms with Crippen molar-refractivity contribution in [3.63, 3.8) is 0 Å². The molecule has 2 unspecified atom stereocenters. The highest BCUT2D eigenvalue weighted by Crippen LogP contribution is 2.31. The molecule has 4 heteroatoms. The van der Waals surface area contributed by atoms with E-state index in [0.29, 0.717) is 6.04 Å². The molecule has 2 fully saturated rings. The largest absolute Gasteiger partial charge is 0.391 e. The summed E-state index contributed by atoms with van der Waals surface area (Å²) in [6.07, 6.45) is 4.74. The maximum absolute atomic E-state index is 11.2. The molecule has 0 radical (unpaired) electrons. The van der Waals surface area contributed by atoms with Gasteiger partial charge in [-0.3, -0.25) is 9.69 Å². The quantitative estimate of drug-likeness (QED) is 0.720. The molecule has 4 nitrogen and oxygen atoms in total. The second-order valence-electron chi connectivity index (χ2n) is 5.29. The minimum absolute atomic E-state index is 0.0241. The molecular formula is C12H22N2O2. The lowest BCUT2D eigenvalue weighted by Gasteiger charge is -2.41. The fourth-order valence-electron chi connectivity index (χ4n) is 3.14. The van der Waals surface area contributed by atoms with Gasteiger partial charge in [0.15, 0.2) is 0 Å². The van der Waals surface area contributed by atoms with Crippen molar-refractivity contribution in [3.8, 4) is 0 Å². The van der Waals surface area contributed by atoms with Gasteiger partial charge in [0.05, 0.1) is 12.0 Å². The zero-order valence-corrected chi connectivity index (χ0v) is 9.93. The maximum atomic E-state index is 11.2. The minimum Gasteiger partial charge on any atom is -0.391 e. The molecule has 2 aliphatic rings. The molecule has 3 N–H and O–H groups in total. The van der Waals surface area contributed by atoms with Crippen molar-refractivity contribution >= 4 is 5.91 Å². The Balaban J connectivity index is 2.03. The van der Waals surface area contributed by atoms with Crippen LogP contribution in [0.15, 0.2) is 0 Å². The van der Waals surface area contributed by atoms with E-state index in [-0.39, 0.29) is 24.0 Å². The summed E-state index contributed by atoms with van der Waals surface area (Å²) in [6.45, 7) is 2.92. The van der Waals surface area contributed by atoms with E-state index >= 15 is 0 Å². The van der Waals surface area contributed by atoms with Crippen molar-refractivity contribution in [1.82, 2.24) is 4.90 Å². The topological polar surface area (TPSA) is 66.6 Å². The Morgan fingerprint density at radius 1 is 1.31 bits per heavy atom. The van der Waals surface area contributed by atoms with Gasteiger partial charge in [-0.15, -0.1) is 0 Å². The van der Waals surface area contributed by atoms with Gasteiger partial charge in [0.1, 0.15) is 0 Å². The Kier molecular flexibility index (Phi) is 3.50. The predicted molar refractivity (Wildman–Crippen MR) is 61.7 cm³/mol. The van der Waals surface area contributed by atoms with Gasteiger partial charge in [-0.2, -0.15) is 0 Å². The van der Waals surface area contributed by atoms with E-state index in [0.717, 1.165) is 38.6 Å². The van der Waals surface area contributed by atoms with E-state index in [2.05, 4.69) is 11.8 Å². The van der Waals surface area contributed by atoms with Crippen LogP contribution in [0.3, 0.4) is 0 Å². The van der Waals surface area contributed by atoms with Gasteiger partial charge in [-0.1, -0.05) is 0 Å². The number of piperidine rings is 1. The number of aliphatic hydroxyl groups is 1. The van der Waals surface area contributed by atoms with Gasteiger partial charge in [0.25, 0.3) is 0 Å². The normalized spacial score (nSPS) is 41.1. The molecule has 16 heavy (non-hydrogen) atoms. The first-order chi connectivity index (χ1) is 7.59. The molecule has 1 saturated heterocycles. The van der Waals surface area contributed by atoms with Crippen LogP contribution in [0.5, 0.6) is 0 Å². The number of rotatable bonds is 2. The number of carbonyl (C=O) groups is 1. The summed E-state index contributed by atoms with van der Waals surface area (Å²) in [4.78, 5) is 13.5. The van der Waals surface area contributed by atoms with Gasteiger partial charge >= 0.3 is 0 Å². The van der Waals surface area contributed by atoms with Crippen LogP contribution in [0.4, 0.5) is 0 Å². The summed E-state index contributed by atoms with van der Waals surface area (Å²) >= 11 is 0. The van der Waals surface area contributed by atoms with Gasteiger partial charge in [-0.05, 0) is 39.0 Å². The van der Waals surface area contributed by atoms with E-state index in [9.17, 15) is 9.90 Å². The van der Waals surface area contributed by atoms with Gasteiger partial charge < -0.3 is 10.8 Å². The number of nitrogens with zero attached hydrogens (tertiary/aromatic N) is 1. The second kappa shape index (κ2) is 4.72. The first-order valence-corrected chi connectivity index (χ1v) is 6.32. The average Bonchev–Trinajstić information content (AvgIpc) is 2.65. The number of carbonyl (C=O) groups excluding carboxylic acids is 1. The molecule has 0 aromatic heterocycles. The molecule has 1 saturated carbocycles. The molecule has 1 amide bonds. The summed E-state index contributed by atoms with van der Waals surface area (Å²) in [5, 5.41) is 9.93. The van der Waals surface area contributed by atoms with Gasteiger partial charge in [0.2, 0.25) is 5.91 Å². The third kappa shape index (κ3) is 2.23. The maximum Gasteiger partial charge on any atom is 0.221 e. The van der Waals surface area contributed by atoms with Crippen molar-refractivity contribution in [2.75, 3.05) is 6.54 Å². The van der Waals surface area contributed by atoms with Crippen molar-refractivity contribution in [3.05, 3.63) is 0 Å². The number of likely N-dealkylation sites (tertiary alicyclic amines) is 1. The summed E-state index contributed by atoms with van der Waals surface area (Å²) in [6, 6.07) is 0.713. The lowest BCUT2D eigenvalue weighted by molar-refractivity contribution is -0.124. The standard InChI is InChI=1S/C12H22N2O2/c1-8-5-6-9(12(13)16)7-14(8)10-3-2-4-11(10)15/h8-11,15H,2-7H2,1H3,(H2,13,16)/t8?,9?,10-,11-/m0/s1. The smallest absolute Gasteiger partial charge is 0.221 e. The average molecular weight is 226 g/mol. The first kappa shape index (κ1) is 11.9. The minimum atomic E-state index is -0.214. The van der Waals surface area contributed by atoms with Crippen LogP contribution in [0, 0.1) is 5.92 Å². The lowest BCUT2D eigenvalue weighted by atomic mass is 9.91. The number of primary amides is 1. The monoisotopic (exact) mass is 226 g/mol. The highest BCUT2D eigenvalue weighted by molar-refractivity contribution is 5.77. The predicted octanol–water partition coefficient (Wildman–Crippen LogP) is 0.486. The molecule has 92 valence electrons. The third-order valence-electron chi connectivity index (χ3n) is 4.20. The number of hydrogen-bond donors (Lipinski definition) is 2. The molecule has 1 heterocycles. The highest BCUT2D eigenvalue weighted by atomic mass is 16.3. The zero-order valence-electron chi connectivity index (χ0n) is 9.93. The molecule has 0 aromatic rings. The summed E-state index contributed by atoms with van der Waals surface area (Å²) in [7, 11) is 0. The Labute approximate surface area is 96.8 Å². The van der Waals surface area contributed by atoms with Crippen LogP contribution in [0.1, 0.15) is 39.0 Å². The van der Waals surface area contributed by atoms with Crippen LogP contribution < -0.4 is 5.73 Å². The van der Waals surface area contributed by atoms with Crippen LogP contribution in [-0.2, 0) is 4.79 Å². The Bertz CT molecular complexity index is 270. The molecule has 1 aliphatic heterocycles. The summed E-state index contributed by atoms with van der Waals surface area (Å²) < 4.78 is 0. The van der Waals surface area contributed by atoms with E-state index in [1.807, 2.05) is 0 Å². The van der Waals surface area contributed by atoms with Gasteiger partial charge in [-0.25, -0.2) is 0 Å². The van der Waals surface area contributed by atoms with Gasteiger partial charge in [0, 0.05) is 18.6 Å². The van der Waals surface area contributed by atoms with Crippen molar-refractivity contribution in [2.24, 2.45) is 11.7 Å². The molecule has 0 aromatic carbocycles. The van der Waals surface area contributed by atoms with Crippen LogP contribution >= 0.6 is 0 Å². The van der Waals surface area contributed by atoms with Crippen LogP contribution in [-0.4, -0.2) is 40.6 Å². The summed E-state index contributed by atoms with van der Waals surface area (Å²) in [5.41, 5.74) is 5.38. The third-order valence-corrected chi connectivity index (χ3v) is 4.20. The molecule has 0 bridgehead atoms. The van der Waals surface area contributed by atoms with E-state index in [1.165, 1.54) is 0 Å². The van der Waals surface area contributed by atoms with Crippen molar-refractivity contribution in [1.29, 1.82) is 0 Å². The SMILES string of the molecule is CC1CCC(C(N)=O)CN1[C@H]1CCC[C@@H]1O. The number of hydrogen-bond acceptors (Lipinski definition) is 3. The Morgan fingerprint density at radius 3 is 2.62 bits per heavy atom. The van der Waals surface area contributed by atoms with Crippen LogP contribution in [0.25, 0.3) is 0 Å². The van der Waals surface area contributed by atoms with Crippen molar-refractivity contribution in [2.45, 2.75) is 57.2 Å². The number of aliphatic hydroxyl groups excluding tert-OH is 1.